The van der Waals surface area contributed by atoms with Crippen LogP contribution >= 0.6 is 0 Å². The van der Waals surface area contributed by atoms with Gasteiger partial charge in [0.1, 0.15) is 11.6 Å². The van der Waals surface area contributed by atoms with Crippen molar-refractivity contribution in [1.82, 2.24) is 23.6 Å². The lowest BCUT2D eigenvalue weighted by Gasteiger charge is -2.36. The summed E-state index contributed by atoms with van der Waals surface area (Å²) >= 11 is 0. The summed E-state index contributed by atoms with van der Waals surface area (Å²) in [5.41, 5.74) is 4.86. The van der Waals surface area contributed by atoms with E-state index in [2.05, 4.69) is 15.0 Å². The van der Waals surface area contributed by atoms with E-state index < -0.39 is 16.1 Å². The average molecular weight is 683 g/mol. The van der Waals surface area contributed by atoms with Gasteiger partial charge in [0.25, 0.3) is 10.0 Å². The molecule has 6 aromatic rings. The number of β-amino-alcohol motifs (C(OH)–C–C–N with tert-alkyl or cyclic N) is 1. The van der Waals surface area contributed by atoms with Crippen molar-refractivity contribution in [2.45, 2.75) is 31.4 Å². The summed E-state index contributed by atoms with van der Waals surface area (Å²) in [4.78, 5) is 8.93. The zero-order chi connectivity index (χ0) is 34.3. The van der Waals surface area contributed by atoms with Crippen LogP contribution < -0.4 is 4.90 Å². The molecular formula is C37H36F2N6O3S. The zero-order valence-corrected chi connectivity index (χ0v) is 28.0. The van der Waals surface area contributed by atoms with Crippen molar-refractivity contribution in [3.8, 4) is 22.3 Å². The van der Waals surface area contributed by atoms with Gasteiger partial charge in [-0.2, -0.15) is 5.10 Å². The summed E-state index contributed by atoms with van der Waals surface area (Å²) in [5.74, 6) is -0.701. The van der Waals surface area contributed by atoms with E-state index in [1.165, 1.54) is 22.2 Å². The minimum absolute atomic E-state index is 0.124. The van der Waals surface area contributed by atoms with Gasteiger partial charge >= 0.3 is 0 Å². The molecule has 0 radical (unpaired) electrons. The molecule has 252 valence electrons. The Morgan fingerprint density at radius 1 is 0.878 bits per heavy atom. The maximum Gasteiger partial charge on any atom is 0.269 e. The number of benzene rings is 3. The molecule has 0 unspecified atom stereocenters. The van der Waals surface area contributed by atoms with Crippen LogP contribution in [-0.4, -0.2) is 76.0 Å². The van der Waals surface area contributed by atoms with Crippen LogP contribution in [0.2, 0.25) is 0 Å². The Labute approximate surface area is 283 Å². The van der Waals surface area contributed by atoms with Gasteiger partial charge in [0.15, 0.2) is 5.65 Å². The largest absolute Gasteiger partial charge is 0.392 e. The van der Waals surface area contributed by atoms with Gasteiger partial charge < -0.3 is 10.0 Å². The molecule has 1 aliphatic heterocycles. The van der Waals surface area contributed by atoms with E-state index in [4.69, 9.17) is 0 Å². The molecule has 4 heterocycles. The van der Waals surface area contributed by atoms with Gasteiger partial charge in [0, 0.05) is 73.4 Å². The van der Waals surface area contributed by atoms with Crippen LogP contribution in [0, 0.1) is 18.6 Å². The van der Waals surface area contributed by atoms with Crippen molar-refractivity contribution >= 4 is 26.7 Å². The smallest absolute Gasteiger partial charge is 0.269 e. The van der Waals surface area contributed by atoms with Gasteiger partial charge in [-0.3, -0.25) is 9.58 Å². The number of piperazine rings is 1. The van der Waals surface area contributed by atoms with Crippen LogP contribution in [-0.2, 0) is 16.6 Å². The normalized spacial score (nSPS) is 14.8. The molecule has 1 saturated heterocycles. The first kappa shape index (κ1) is 32.6. The second kappa shape index (κ2) is 13.2. The number of anilines is 1. The number of hydrogen-bond acceptors (Lipinski definition) is 7. The molecule has 0 aliphatic carbocycles. The number of aliphatic hydroxyl groups excluding tert-OH is 1. The molecular weight excluding hydrogens is 647 g/mol. The second-order valence-electron chi connectivity index (χ2n) is 12.6. The van der Waals surface area contributed by atoms with E-state index in [-0.39, 0.29) is 22.2 Å². The Kier molecular flexibility index (Phi) is 8.78. The summed E-state index contributed by atoms with van der Waals surface area (Å²) in [5, 5.41) is 14.7. The number of pyridine rings is 1. The lowest BCUT2D eigenvalue weighted by atomic mass is 10.0. The van der Waals surface area contributed by atoms with E-state index in [0.717, 1.165) is 24.2 Å². The fraction of sp³-hybridized carbons (Fsp3) is 0.243. The topological polar surface area (TPSA) is 96.5 Å². The van der Waals surface area contributed by atoms with Crippen molar-refractivity contribution in [2.24, 2.45) is 0 Å². The monoisotopic (exact) mass is 682 g/mol. The number of aromatic nitrogens is 4. The fourth-order valence-electron chi connectivity index (χ4n) is 6.37. The number of aryl methyl sites for hydroxylation is 1. The third-order valence-electron chi connectivity index (χ3n) is 8.88. The number of fused-ring (bicyclic) bond motifs is 1. The Morgan fingerprint density at radius 3 is 2.37 bits per heavy atom. The fourth-order valence-corrected chi connectivity index (χ4v) is 7.70. The number of nitrogens with zero attached hydrogens (tertiary/aromatic N) is 6. The van der Waals surface area contributed by atoms with Gasteiger partial charge in [-0.25, -0.2) is 26.2 Å². The van der Waals surface area contributed by atoms with E-state index >= 15 is 4.39 Å². The first-order valence-corrected chi connectivity index (χ1v) is 17.5. The quantitative estimate of drug-likeness (QED) is 0.202. The number of halogens is 2. The number of hydrogen-bond donors (Lipinski definition) is 1. The summed E-state index contributed by atoms with van der Waals surface area (Å²) in [7, 11) is -4.03. The van der Waals surface area contributed by atoms with Crippen molar-refractivity contribution in [3.05, 3.63) is 120 Å². The van der Waals surface area contributed by atoms with E-state index in [1.54, 1.807) is 72.8 Å². The molecule has 1 atom stereocenters. The molecule has 9 nitrogen and oxygen atoms in total. The lowest BCUT2D eigenvalue weighted by Crippen LogP contribution is -2.48. The molecule has 49 heavy (non-hydrogen) atoms. The van der Waals surface area contributed by atoms with E-state index in [1.807, 2.05) is 30.0 Å². The zero-order valence-electron chi connectivity index (χ0n) is 27.2. The van der Waals surface area contributed by atoms with Crippen molar-refractivity contribution in [3.63, 3.8) is 0 Å². The number of aliphatic hydroxyl groups is 1. The minimum atomic E-state index is -4.03. The highest BCUT2D eigenvalue weighted by atomic mass is 32.2. The predicted octanol–water partition coefficient (Wildman–Crippen LogP) is 5.94. The van der Waals surface area contributed by atoms with Crippen molar-refractivity contribution in [1.29, 1.82) is 0 Å². The molecule has 1 fully saturated rings. The highest BCUT2D eigenvalue weighted by Gasteiger charge is 2.25. The molecule has 12 heteroatoms. The molecule has 3 aromatic heterocycles. The van der Waals surface area contributed by atoms with Crippen LogP contribution in [0.15, 0.2) is 102 Å². The van der Waals surface area contributed by atoms with Crippen LogP contribution in [0.5, 0.6) is 0 Å². The third kappa shape index (κ3) is 6.71. The maximum absolute atomic E-state index is 15.6. The van der Waals surface area contributed by atoms with Gasteiger partial charge in [-0.1, -0.05) is 35.9 Å². The first-order valence-electron chi connectivity index (χ1n) is 16.1. The molecule has 7 rings (SSSR count). The SMILES string of the molecule is Cc1ccc(S(=O)(=O)n2cc(-c3cnn(Cc4cccc(F)c4)c3)c3cc(-c4ccc(N5CCN(C[C@H](C)O)CC5)c(F)c4)cnc32)cc1. The van der Waals surface area contributed by atoms with Gasteiger partial charge in [0.05, 0.1) is 29.4 Å². The van der Waals surface area contributed by atoms with Crippen LogP contribution in [0.1, 0.15) is 18.1 Å². The standard InChI is InChI=1S/C37H36F2N6O3S/c1-25-6-9-32(10-7-25)49(47,48)45-24-34(30-20-41-44(23-30)22-27-4-3-5-31(38)16-27)33-17-29(19-40-37(33)45)28-8-11-36(35(39)18-28)43-14-12-42(13-15-43)21-26(2)46/h3-11,16-20,23-24,26,46H,12-15,21-22H2,1-2H3/t26-/m0/s1. The molecule has 3 aromatic carbocycles. The molecule has 0 spiro atoms. The van der Waals surface area contributed by atoms with Gasteiger partial charge in [-0.05, 0) is 67.4 Å². The Hall–Kier alpha value is -4.91. The Morgan fingerprint density at radius 2 is 1.65 bits per heavy atom. The predicted molar refractivity (Wildman–Crippen MR) is 186 cm³/mol. The highest BCUT2D eigenvalue weighted by Crippen LogP contribution is 2.36. The Bertz CT molecular complexity index is 2240. The lowest BCUT2D eigenvalue weighted by molar-refractivity contribution is 0.122. The van der Waals surface area contributed by atoms with Gasteiger partial charge in [0.2, 0.25) is 0 Å². The molecule has 1 N–H and O–H groups in total. The maximum atomic E-state index is 15.6. The van der Waals surface area contributed by atoms with Crippen molar-refractivity contribution in [2.75, 3.05) is 37.6 Å². The average Bonchev–Trinajstić information content (AvgIpc) is 3.70. The summed E-state index contributed by atoms with van der Waals surface area (Å²) in [6.45, 7) is 7.33. The molecule has 0 bridgehead atoms. The molecule has 0 saturated carbocycles. The van der Waals surface area contributed by atoms with Crippen molar-refractivity contribution < 1.29 is 22.3 Å². The second-order valence-corrected chi connectivity index (χ2v) is 14.4. The third-order valence-corrected chi connectivity index (χ3v) is 10.5. The van der Waals surface area contributed by atoms with Crippen LogP contribution in [0.3, 0.4) is 0 Å². The number of rotatable bonds is 9. The van der Waals surface area contributed by atoms with E-state index in [9.17, 15) is 17.9 Å². The molecule has 0 amide bonds. The van der Waals surface area contributed by atoms with E-state index in [0.29, 0.717) is 59.5 Å². The summed E-state index contributed by atoms with van der Waals surface area (Å²) < 4.78 is 60.2. The summed E-state index contributed by atoms with van der Waals surface area (Å²) in [6, 6.07) is 19.8. The van der Waals surface area contributed by atoms with Crippen LogP contribution in [0.4, 0.5) is 14.5 Å². The minimum Gasteiger partial charge on any atom is -0.392 e. The summed E-state index contributed by atoms with van der Waals surface area (Å²) in [6.07, 6.45) is 6.11. The first-order chi connectivity index (χ1) is 23.5. The Balaban J connectivity index is 1.26. The van der Waals surface area contributed by atoms with Gasteiger partial charge in [-0.15, -0.1) is 0 Å². The molecule has 1 aliphatic rings. The van der Waals surface area contributed by atoms with Crippen LogP contribution in [0.25, 0.3) is 33.3 Å². The highest BCUT2D eigenvalue weighted by molar-refractivity contribution is 7.90.